The fourth-order valence-corrected chi connectivity index (χ4v) is 3.17. The highest BCUT2D eigenvalue weighted by Gasteiger charge is 2.46. The number of benzene rings is 1. The van der Waals surface area contributed by atoms with Crippen LogP contribution in [0.4, 0.5) is 4.39 Å². The standard InChI is InChI=1S/C17H19FN2O3/c1-13(18)16(22)19-8-7-17(11-19)12-20(15(21)10-23-17)9-14-5-3-2-4-6-14/h2-6H,1,7-12H2. The molecule has 2 saturated heterocycles. The lowest BCUT2D eigenvalue weighted by Crippen LogP contribution is -2.55. The largest absolute Gasteiger partial charge is 0.361 e. The minimum absolute atomic E-state index is 0.00850. The second-order valence-electron chi connectivity index (χ2n) is 6.09. The summed E-state index contributed by atoms with van der Waals surface area (Å²) in [6, 6.07) is 9.72. The second kappa shape index (κ2) is 6.12. The van der Waals surface area contributed by atoms with E-state index in [-0.39, 0.29) is 19.1 Å². The van der Waals surface area contributed by atoms with Gasteiger partial charge in [0.05, 0.1) is 13.1 Å². The van der Waals surface area contributed by atoms with Gasteiger partial charge in [-0.1, -0.05) is 36.9 Å². The van der Waals surface area contributed by atoms with Crippen molar-refractivity contribution in [2.45, 2.75) is 18.6 Å². The zero-order valence-electron chi connectivity index (χ0n) is 12.8. The van der Waals surface area contributed by atoms with Gasteiger partial charge in [-0.3, -0.25) is 9.59 Å². The molecule has 0 aromatic heterocycles. The number of carbonyl (C=O) groups excluding carboxylic acids is 2. The maximum atomic E-state index is 13.0. The maximum Gasteiger partial charge on any atom is 0.282 e. The molecule has 2 fully saturated rings. The van der Waals surface area contributed by atoms with Crippen LogP contribution in [0, 0.1) is 0 Å². The number of rotatable bonds is 3. The summed E-state index contributed by atoms with van der Waals surface area (Å²) in [6.07, 6.45) is 0.588. The average molecular weight is 318 g/mol. The van der Waals surface area contributed by atoms with Crippen molar-refractivity contribution in [1.29, 1.82) is 0 Å². The van der Waals surface area contributed by atoms with Crippen molar-refractivity contribution in [3.63, 3.8) is 0 Å². The predicted molar refractivity (Wildman–Crippen MR) is 82.0 cm³/mol. The van der Waals surface area contributed by atoms with Gasteiger partial charge in [-0.05, 0) is 12.0 Å². The van der Waals surface area contributed by atoms with Crippen LogP contribution in [0.15, 0.2) is 42.7 Å². The van der Waals surface area contributed by atoms with Crippen molar-refractivity contribution in [3.8, 4) is 0 Å². The van der Waals surface area contributed by atoms with Crippen molar-refractivity contribution in [2.75, 3.05) is 26.2 Å². The zero-order valence-corrected chi connectivity index (χ0v) is 12.8. The zero-order chi connectivity index (χ0) is 16.4. The number of likely N-dealkylation sites (tertiary alicyclic amines) is 1. The molecule has 122 valence electrons. The van der Waals surface area contributed by atoms with Crippen LogP contribution in [0.5, 0.6) is 0 Å². The molecular weight excluding hydrogens is 299 g/mol. The van der Waals surface area contributed by atoms with Gasteiger partial charge < -0.3 is 14.5 Å². The fourth-order valence-electron chi connectivity index (χ4n) is 3.17. The van der Waals surface area contributed by atoms with Gasteiger partial charge in [-0.25, -0.2) is 4.39 Å². The van der Waals surface area contributed by atoms with Crippen LogP contribution >= 0.6 is 0 Å². The van der Waals surface area contributed by atoms with E-state index >= 15 is 0 Å². The van der Waals surface area contributed by atoms with E-state index in [2.05, 4.69) is 6.58 Å². The molecule has 6 heteroatoms. The molecule has 2 aliphatic heterocycles. The molecule has 1 aromatic carbocycles. The van der Waals surface area contributed by atoms with E-state index in [1.54, 1.807) is 4.90 Å². The first-order valence-corrected chi connectivity index (χ1v) is 7.58. The first-order chi connectivity index (χ1) is 11.0. The van der Waals surface area contributed by atoms with Crippen LogP contribution < -0.4 is 0 Å². The average Bonchev–Trinajstić information content (AvgIpc) is 2.95. The third-order valence-corrected chi connectivity index (χ3v) is 4.39. The third-order valence-electron chi connectivity index (χ3n) is 4.39. The van der Waals surface area contributed by atoms with Crippen LogP contribution in [0.1, 0.15) is 12.0 Å². The van der Waals surface area contributed by atoms with Gasteiger partial charge >= 0.3 is 0 Å². The minimum Gasteiger partial charge on any atom is -0.361 e. The van der Waals surface area contributed by atoms with E-state index < -0.39 is 17.3 Å². The number of amides is 2. The summed E-state index contributed by atoms with van der Waals surface area (Å²) in [7, 11) is 0. The molecular formula is C17H19FN2O3. The summed E-state index contributed by atoms with van der Waals surface area (Å²) < 4.78 is 18.8. The van der Waals surface area contributed by atoms with Gasteiger partial charge in [0, 0.05) is 13.1 Å². The summed E-state index contributed by atoms with van der Waals surface area (Å²) in [5, 5.41) is 0. The Hall–Kier alpha value is -2.21. The van der Waals surface area contributed by atoms with Crippen LogP contribution in [-0.4, -0.2) is 53.5 Å². The summed E-state index contributed by atoms with van der Waals surface area (Å²) in [6.45, 7) is 4.66. The molecule has 1 unspecified atom stereocenters. The number of nitrogens with zero attached hydrogens (tertiary/aromatic N) is 2. The molecule has 2 amide bonds. The van der Waals surface area contributed by atoms with E-state index in [0.29, 0.717) is 26.1 Å². The topological polar surface area (TPSA) is 49.9 Å². The van der Waals surface area contributed by atoms with Gasteiger partial charge in [-0.15, -0.1) is 0 Å². The monoisotopic (exact) mass is 318 g/mol. The van der Waals surface area contributed by atoms with Crippen molar-refractivity contribution >= 4 is 11.8 Å². The number of hydrogen-bond donors (Lipinski definition) is 0. The first kappa shape index (κ1) is 15.7. The molecule has 1 atom stereocenters. The Balaban J connectivity index is 1.69. The number of carbonyl (C=O) groups is 2. The lowest BCUT2D eigenvalue weighted by molar-refractivity contribution is -0.163. The van der Waals surface area contributed by atoms with Gasteiger partial charge in [-0.2, -0.15) is 0 Å². The van der Waals surface area contributed by atoms with Crippen molar-refractivity contribution in [3.05, 3.63) is 48.3 Å². The van der Waals surface area contributed by atoms with E-state index in [1.807, 2.05) is 30.3 Å². The van der Waals surface area contributed by atoms with Crippen LogP contribution in [0.2, 0.25) is 0 Å². The second-order valence-corrected chi connectivity index (χ2v) is 6.09. The highest BCUT2D eigenvalue weighted by Crippen LogP contribution is 2.31. The number of ether oxygens (including phenoxy) is 1. The minimum atomic E-state index is -0.963. The Morgan fingerprint density at radius 2 is 2.04 bits per heavy atom. The first-order valence-electron chi connectivity index (χ1n) is 7.58. The molecule has 2 aliphatic rings. The van der Waals surface area contributed by atoms with E-state index in [0.717, 1.165) is 5.56 Å². The molecule has 3 rings (SSSR count). The Bertz CT molecular complexity index is 634. The summed E-state index contributed by atoms with van der Waals surface area (Å²) in [4.78, 5) is 27.0. The Kier molecular flexibility index (Phi) is 4.17. The highest BCUT2D eigenvalue weighted by atomic mass is 19.1. The van der Waals surface area contributed by atoms with Gasteiger partial charge in [0.2, 0.25) is 5.91 Å². The van der Waals surface area contributed by atoms with Gasteiger partial charge in [0.15, 0.2) is 5.83 Å². The predicted octanol–water partition coefficient (Wildman–Crippen LogP) is 1.50. The number of morpholine rings is 1. The quantitative estimate of drug-likeness (QED) is 0.794. The SMILES string of the molecule is C=C(F)C(=O)N1CCC2(CN(Cc3ccccc3)C(=O)CO2)C1. The molecule has 0 bridgehead atoms. The highest BCUT2D eigenvalue weighted by molar-refractivity contribution is 5.91. The Labute approximate surface area is 134 Å². The molecule has 0 saturated carbocycles. The van der Waals surface area contributed by atoms with Crippen molar-refractivity contribution < 1.29 is 18.7 Å². The van der Waals surface area contributed by atoms with E-state index in [1.165, 1.54) is 4.90 Å². The maximum absolute atomic E-state index is 13.0. The molecule has 1 aromatic rings. The van der Waals surface area contributed by atoms with E-state index in [4.69, 9.17) is 4.74 Å². The van der Waals surface area contributed by atoms with Gasteiger partial charge in [0.25, 0.3) is 5.91 Å². The molecule has 1 spiro atoms. The molecule has 5 nitrogen and oxygen atoms in total. The Morgan fingerprint density at radius 3 is 2.74 bits per heavy atom. The smallest absolute Gasteiger partial charge is 0.282 e. The number of halogens is 1. The Morgan fingerprint density at radius 1 is 1.30 bits per heavy atom. The molecule has 0 N–H and O–H groups in total. The molecule has 2 heterocycles. The fraction of sp³-hybridized carbons (Fsp3) is 0.412. The normalized spacial score (nSPS) is 24.3. The van der Waals surface area contributed by atoms with E-state index in [9.17, 15) is 14.0 Å². The van der Waals surface area contributed by atoms with Gasteiger partial charge in [0.1, 0.15) is 12.2 Å². The molecule has 0 aliphatic carbocycles. The number of hydrogen-bond acceptors (Lipinski definition) is 3. The summed E-state index contributed by atoms with van der Waals surface area (Å²) >= 11 is 0. The molecule has 0 radical (unpaired) electrons. The van der Waals surface area contributed by atoms with Crippen LogP contribution in [0.3, 0.4) is 0 Å². The van der Waals surface area contributed by atoms with Crippen molar-refractivity contribution in [1.82, 2.24) is 9.80 Å². The summed E-state index contributed by atoms with van der Waals surface area (Å²) in [5.41, 5.74) is 0.439. The molecule has 23 heavy (non-hydrogen) atoms. The third kappa shape index (κ3) is 3.27. The van der Waals surface area contributed by atoms with Crippen LogP contribution in [0.25, 0.3) is 0 Å². The lowest BCUT2D eigenvalue weighted by Gasteiger charge is -2.40. The van der Waals surface area contributed by atoms with Crippen LogP contribution in [-0.2, 0) is 20.9 Å². The van der Waals surface area contributed by atoms with Crippen molar-refractivity contribution in [2.24, 2.45) is 0 Å². The lowest BCUT2D eigenvalue weighted by atomic mass is 10.00. The summed E-state index contributed by atoms with van der Waals surface area (Å²) in [5.74, 6) is -1.73.